The third-order valence-electron chi connectivity index (χ3n) is 11.2. The topological polar surface area (TPSA) is 121 Å². The highest BCUT2D eigenvalue weighted by Gasteiger charge is 2.64. The molecule has 52 heavy (non-hydrogen) atoms. The molecule has 2 N–H and O–H groups in total. The van der Waals surface area contributed by atoms with Gasteiger partial charge in [0.1, 0.15) is 52.5 Å². The monoisotopic (exact) mass is 759 g/mol. The molecule has 272 valence electrons. The number of halogens is 6. The molecule has 1 spiro atoms. The molecule has 1 amide bonds. The Hall–Kier alpha value is -4.04. The van der Waals surface area contributed by atoms with Crippen LogP contribution < -0.4 is 15.4 Å². The maximum absolute atomic E-state index is 17.1. The molecule has 17 heteroatoms. The summed E-state index contributed by atoms with van der Waals surface area (Å²) in [7, 11) is 0. The number of thiophene rings is 1. The SMILES string of the molecule is N#Cc1c(N)sc2c(F)ccc(-c3c(Cl)cc4c(N5CCOC6(CN(C(=O)[C@@H]7CC7(F)F)C6)C5)nc(OC[C@@]56CCCN5C[C@H](F)C6)nc4c3F)c12. The standard InChI is InChI=1S/C35H31ClF5N7O3S/c36-22-8-19-27(26(39)25(22)18-2-3-23(38)28-24(18)20(11-42)29(43)52-28)44-32(50-16-33-4-1-5-48(33)12-17(37)9-33)45-30(19)46-6-7-51-34(13-46)14-47(15-34)31(49)21-10-35(21,40)41/h2-3,8,17,21H,1,4-7,9-10,12-16,43H2/t17-,21+,33+/m1/s1. The fourth-order valence-corrected chi connectivity index (χ4v) is 9.84. The first-order chi connectivity index (χ1) is 24.8. The van der Waals surface area contributed by atoms with E-state index in [0.717, 1.165) is 36.8 Å². The van der Waals surface area contributed by atoms with Crippen LogP contribution >= 0.6 is 22.9 Å². The summed E-state index contributed by atoms with van der Waals surface area (Å²) in [5.74, 6) is -6.12. The summed E-state index contributed by atoms with van der Waals surface area (Å²) in [6.07, 6.45) is 0.440. The molecule has 10 nitrogen and oxygen atoms in total. The molecule has 6 heterocycles. The van der Waals surface area contributed by atoms with Crippen molar-refractivity contribution in [3.05, 3.63) is 40.4 Å². The molecule has 1 saturated carbocycles. The quantitative estimate of drug-likeness (QED) is 0.239. The second-order valence-corrected chi connectivity index (χ2v) is 16.0. The number of hydrogen-bond donors (Lipinski definition) is 1. The van der Waals surface area contributed by atoms with Gasteiger partial charge in [0.05, 0.1) is 47.1 Å². The number of nitrogens with zero attached hydrogens (tertiary/aromatic N) is 6. The number of nitriles is 1. The highest BCUT2D eigenvalue weighted by Crippen LogP contribution is 2.51. The average Bonchev–Trinajstić information content (AvgIpc) is 3.33. The molecular formula is C35H31ClF5N7O3S. The highest BCUT2D eigenvalue weighted by atomic mass is 35.5. The molecule has 2 aromatic carbocycles. The van der Waals surface area contributed by atoms with Crippen molar-refractivity contribution in [2.75, 3.05) is 63.1 Å². The zero-order chi connectivity index (χ0) is 36.3. The lowest BCUT2D eigenvalue weighted by atomic mass is 9.91. The van der Waals surface area contributed by atoms with Crippen molar-refractivity contribution in [1.29, 1.82) is 5.26 Å². The Balaban J connectivity index is 1.13. The molecule has 0 radical (unpaired) electrons. The molecule has 0 bridgehead atoms. The number of nitrogen functional groups attached to an aromatic ring is 1. The summed E-state index contributed by atoms with van der Waals surface area (Å²) in [5, 5.41) is 10.3. The normalized spacial score (nSPS) is 26.2. The zero-order valence-electron chi connectivity index (χ0n) is 27.5. The van der Waals surface area contributed by atoms with Crippen LogP contribution in [-0.2, 0) is 9.53 Å². The van der Waals surface area contributed by atoms with E-state index in [1.54, 1.807) is 0 Å². The predicted octanol–water partition coefficient (Wildman–Crippen LogP) is 5.92. The zero-order valence-corrected chi connectivity index (χ0v) is 29.1. The van der Waals surface area contributed by atoms with Gasteiger partial charge in [0.2, 0.25) is 5.91 Å². The molecule has 4 aliphatic heterocycles. The van der Waals surface area contributed by atoms with Crippen molar-refractivity contribution in [3.63, 3.8) is 0 Å². The van der Waals surface area contributed by atoms with E-state index in [4.69, 9.17) is 31.8 Å². The summed E-state index contributed by atoms with van der Waals surface area (Å²) < 4.78 is 86.3. The number of aromatic nitrogens is 2. The largest absolute Gasteiger partial charge is 0.461 e. The number of benzene rings is 2. The smallest absolute Gasteiger partial charge is 0.319 e. The minimum absolute atomic E-state index is 0.00221. The van der Waals surface area contributed by atoms with Gasteiger partial charge in [-0.3, -0.25) is 9.69 Å². The Labute approximate surface area is 302 Å². The second kappa shape index (κ2) is 11.7. The van der Waals surface area contributed by atoms with Gasteiger partial charge in [-0.15, -0.1) is 11.3 Å². The Morgan fingerprint density at radius 1 is 1.19 bits per heavy atom. The first kappa shape index (κ1) is 33.8. The van der Waals surface area contributed by atoms with E-state index in [-0.39, 0.29) is 92.4 Å². The first-order valence-electron chi connectivity index (χ1n) is 17.0. The summed E-state index contributed by atoms with van der Waals surface area (Å²) in [4.78, 5) is 27.2. The Morgan fingerprint density at radius 2 is 1.98 bits per heavy atom. The number of amides is 1. The van der Waals surface area contributed by atoms with Crippen molar-refractivity contribution >= 4 is 60.7 Å². The maximum atomic E-state index is 17.1. The number of carbonyl (C=O) groups is 1. The van der Waals surface area contributed by atoms with Crippen molar-refractivity contribution in [2.45, 2.75) is 48.9 Å². The van der Waals surface area contributed by atoms with Gasteiger partial charge in [-0.2, -0.15) is 15.2 Å². The Bertz CT molecular complexity index is 2230. The van der Waals surface area contributed by atoms with Crippen LogP contribution in [0.15, 0.2) is 18.2 Å². The number of rotatable bonds is 6. The third-order valence-corrected chi connectivity index (χ3v) is 12.5. The second-order valence-electron chi connectivity index (χ2n) is 14.6. The minimum atomic E-state index is -2.98. The van der Waals surface area contributed by atoms with Gasteiger partial charge in [-0.1, -0.05) is 17.7 Å². The molecular weight excluding hydrogens is 729 g/mol. The maximum Gasteiger partial charge on any atom is 0.319 e. The lowest BCUT2D eigenvalue weighted by Crippen LogP contribution is -2.71. The fraction of sp³-hybridized carbons (Fsp3) is 0.486. The van der Waals surface area contributed by atoms with Crippen LogP contribution in [-0.4, -0.2) is 101 Å². The number of ether oxygens (including phenoxy) is 2. The molecule has 9 rings (SSSR count). The van der Waals surface area contributed by atoms with E-state index < -0.39 is 53.1 Å². The van der Waals surface area contributed by atoms with Crippen molar-refractivity contribution in [3.8, 4) is 23.2 Å². The first-order valence-corrected chi connectivity index (χ1v) is 18.2. The van der Waals surface area contributed by atoms with E-state index in [2.05, 4.69) is 9.88 Å². The van der Waals surface area contributed by atoms with Crippen LogP contribution in [0.1, 0.15) is 31.2 Å². The number of anilines is 2. The van der Waals surface area contributed by atoms with Crippen LogP contribution in [0, 0.1) is 28.9 Å². The van der Waals surface area contributed by atoms with E-state index in [9.17, 15) is 27.6 Å². The number of morpholine rings is 1. The molecule has 5 fully saturated rings. The molecule has 5 aliphatic rings. The highest BCUT2D eigenvalue weighted by molar-refractivity contribution is 7.23. The Kier molecular flexibility index (Phi) is 7.62. The van der Waals surface area contributed by atoms with Crippen molar-refractivity contribution in [1.82, 2.24) is 19.8 Å². The van der Waals surface area contributed by atoms with Gasteiger partial charge < -0.3 is 25.0 Å². The molecule has 3 atom stereocenters. The van der Waals surface area contributed by atoms with Crippen molar-refractivity contribution in [2.24, 2.45) is 5.92 Å². The van der Waals surface area contributed by atoms with Crippen LogP contribution in [0.3, 0.4) is 0 Å². The van der Waals surface area contributed by atoms with Crippen LogP contribution in [0.4, 0.5) is 32.8 Å². The van der Waals surface area contributed by atoms with Gasteiger partial charge in [0.15, 0.2) is 5.82 Å². The van der Waals surface area contributed by atoms with Crippen LogP contribution in [0.5, 0.6) is 6.01 Å². The Morgan fingerprint density at radius 3 is 2.73 bits per heavy atom. The summed E-state index contributed by atoms with van der Waals surface area (Å²) in [5.41, 5.74) is 4.52. The number of carbonyl (C=O) groups excluding carboxylic acids is 1. The lowest BCUT2D eigenvalue weighted by molar-refractivity contribution is -0.174. The molecule has 4 saturated heterocycles. The molecule has 1 aliphatic carbocycles. The van der Waals surface area contributed by atoms with Gasteiger partial charge in [-0.25, -0.2) is 22.0 Å². The number of hydrogen-bond acceptors (Lipinski definition) is 10. The third kappa shape index (κ3) is 5.18. The van der Waals surface area contributed by atoms with Crippen LogP contribution in [0.2, 0.25) is 5.02 Å². The van der Waals surface area contributed by atoms with Gasteiger partial charge >= 0.3 is 6.01 Å². The molecule has 2 aromatic heterocycles. The van der Waals surface area contributed by atoms with E-state index in [1.165, 1.54) is 17.0 Å². The lowest BCUT2D eigenvalue weighted by Gasteiger charge is -2.54. The van der Waals surface area contributed by atoms with Gasteiger partial charge in [-0.05, 0) is 37.1 Å². The predicted molar refractivity (Wildman–Crippen MR) is 183 cm³/mol. The average molecular weight is 760 g/mol. The van der Waals surface area contributed by atoms with E-state index in [0.29, 0.717) is 19.5 Å². The van der Waals surface area contributed by atoms with Gasteiger partial charge in [0.25, 0.3) is 5.92 Å². The number of fused-ring (bicyclic) bond motifs is 3. The van der Waals surface area contributed by atoms with Crippen LogP contribution in [0.25, 0.3) is 32.1 Å². The fourth-order valence-electron chi connectivity index (χ4n) is 8.59. The number of nitrogens with two attached hydrogens (primary N) is 1. The van der Waals surface area contributed by atoms with Gasteiger partial charge in [0, 0.05) is 42.3 Å². The van der Waals surface area contributed by atoms with E-state index >= 15 is 4.39 Å². The number of likely N-dealkylation sites (tertiary alicyclic amines) is 1. The molecule has 0 unspecified atom stereocenters. The summed E-state index contributed by atoms with van der Waals surface area (Å²) in [6, 6.07) is 5.85. The summed E-state index contributed by atoms with van der Waals surface area (Å²) >= 11 is 7.72. The van der Waals surface area contributed by atoms with E-state index in [1.807, 2.05) is 11.0 Å². The van der Waals surface area contributed by atoms with Crippen molar-refractivity contribution < 1.29 is 36.2 Å². The molecule has 4 aromatic rings. The number of alkyl halides is 3. The minimum Gasteiger partial charge on any atom is -0.461 e. The summed E-state index contributed by atoms with van der Waals surface area (Å²) in [6.45, 7) is 2.05.